The average Bonchev–Trinajstić information content (AvgIpc) is 2.61. The predicted octanol–water partition coefficient (Wildman–Crippen LogP) is 1.67. The van der Waals surface area contributed by atoms with Crippen molar-refractivity contribution in [1.82, 2.24) is 15.5 Å². The van der Waals surface area contributed by atoms with Crippen LogP contribution >= 0.6 is 0 Å². The van der Waals surface area contributed by atoms with Crippen molar-refractivity contribution in [3.63, 3.8) is 0 Å². The van der Waals surface area contributed by atoms with Crippen molar-refractivity contribution in [2.24, 2.45) is 10.4 Å². The maximum absolute atomic E-state index is 11.8. The predicted molar refractivity (Wildman–Crippen MR) is 102 cm³/mol. The SMILES string of the molecule is CCCCOC1CC(NC(=NC)NCCN2C(=O)CCCC2=O)C1(C)C. The summed E-state index contributed by atoms with van der Waals surface area (Å²) in [6.45, 7) is 8.30. The highest BCUT2D eigenvalue weighted by molar-refractivity contribution is 5.97. The van der Waals surface area contributed by atoms with Crippen molar-refractivity contribution in [3.05, 3.63) is 0 Å². The summed E-state index contributed by atoms with van der Waals surface area (Å²) < 4.78 is 5.98. The molecule has 1 aliphatic carbocycles. The molecule has 7 nitrogen and oxygen atoms in total. The Morgan fingerprint density at radius 2 is 2.00 bits per heavy atom. The summed E-state index contributed by atoms with van der Waals surface area (Å²) in [5.41, 5.74) is 0.0458. The Labute approximate surface area is 156 Å². The lowest BCUT2D eigenvalue weighted by Gasteiger charge is -2.52. The van der Waals surface area contributed by atoms with Gasteiger partial charge >= 0.3 is 0 Å². The van der Waals surface area contributed by atoms with Gasteiger partial charge in [0.25, 0.3) is 0 Å². The van der Waals surface area contributed by atoms with E-state index in [4.69, 9.17) is 4.74 Å². The fourth-order valence-corrected chi connectivity index (χ4v) is 3.48. The Morgan fingerprint density at radius 3 is 2.58 bits per heavy atom. The van der Waals surface area contributed by atoms with Gasteiger partial charge in [0.15, 0.2) is 5.96 Å². The Morgan fingerprint density at radius 1 is 1.31 bits per heavy atom. The molecular formula is C19H34N4O3. The molecule has 0 aromatic heterocycles. The summed E-state index contributed by atoms with van der Waals surface area (Å²) in [5, 5.41) is 6.66. The molecule has 0 bridgehead atoms. The van der Waals surface area contributed by atoms with Crippen LogP contribution in [0.25, 0.3) is 0 Å². The molecule has 7 heteroatoms. The first-order valence-electron chi connectivity index (χ1n) is 9.82. The quantitative estimate of drug-likeness (QED) is 0.296. The van der Waals surface area contributed by atoms with Crippen LogP contribution in [0, 0.1) is 5.41 Å². The van der Waals surface area contributed by atoms with Gasteiger partial charge in [-0.2, -0.15) is 0 Å². The number of carbonyl (C=O) groups excluding carboxylic acids is 2. The standard InChI is InChI=1S/C19H34N4O3/c1-5-6-12-26-15-13-14(19(15,2)3)22-18(20-4)21-10-11-23-16(24)8-7-9-17(23)25/h14-15H,5-13H2,1-4H3,(H2,20,21,22). The molecule has 2 N–H and O–H groups in total. The molecule has 0 aromatic carbocycles. The summed E-state index contributed by atoms with van der Waals surface area (Å²) in [4.78, 5) is 29.3. The van der Waals surface area contributed by atoms with Crippen LogP contribution in [0.4, 0.5) is 0 Å². The number of hydrogen-bond donors (Lipinski definition) is 2. The van der Waals surface area contributed by atoms with Gasteiger partial charge in [-0.15, -0.1) is 0 Å². The molecule has 2 aliphatic rings. The number of nitrogens with one attached hydrogen (secondary N) is 2. The minimum atomic E-state index is -0.0711. The van der Waals surface area contributed by atoms with Crippen molar-refractivity contribution >= 4 is 17.8 Å². The highest BCUT2D eigenvalue weighted by Crippen LogP contribution is 2.42. The van der Waals surface area contributed by atoms with E-state index in [-0.39, 0.29) is 23.3 Å². The van der Waals surface area contributed by atoms with E-state index < -0.39 is 0 Å². The van der Waals surface area contributed by atoms with E-state index in [1.54, 1.807) is 7.05 Å². The molecule has 1 saturated heterocycles. The first-order valence-corrected chi connectivity index (χ1v) is 9.82. The zero-order valence-electron chi connectivity index (χ0n) is 16.6. The van der Waals surface area contributed by atoms with Crippen LogP contribution in [0.1, 0.15) is 59.3 Å². The molecule has 1 saturated carbocycles. The lowest BCUT2D eigenvalue weighted by molar-refractivity contribution is -0.147. The molecule has 26 heavy (non-hydrogen) atoms. The van der Waals surface area contributed by atoms with E-state index in [2.05, 4.69) is 36.4 Å². The molecule has 2 rings (SSSR count). The summed E-state index contributed by atoms with van der Waals surface area (Å²) in [7, 11) is 1.73. The summed E-state index contributed by atoms with van der Waals surface area (Å²) >= 11 is 0. The van der Waals surface area contributed by atoms with Crippen LogP contribution in [0.2, 0.25) is 0 Å². The molecule has 2 amide bonds. The van der Waals surface area contributed by atoms with E-state index in [0.717, 1.165) is 25.9 Å². The minimum Gasteiger partial charge on any atom is -0.378 e. The molecular weight excluding hydrogens is 332 g/mol. The normalized spacial score (nSPS) is 25.8. The van der Waals surface area contributed by atoms with Crippen LogP contribution in [0.15, 0.2) is 4.99 Å². The highest BCUT2D eigenvalue weighted by Gasteiger charge is 2.49. The first-order chi connectivity index (χ1) is 12.4. The molecule has 2 atom stereocenters. The maximum Gasteiger partial charge on any atom is 0.229 e. The molecule has 0 spiro atoms. The lowest BCUT2D eigenvalue weighted by Crippen LogP contribution is -2.63. The van der Waals surface area contributed by atoms with Crippen LogP contribution in [-0.2, 0) is 14.3 Å². The van der Waals surface area contributed by atoms with Gasteiger partial charge in [0.1, 0.15) is 0 Å². The number of carbonyl (C=O) groups is 2. The maximum atomic E-state index is 11.8. The second kappa shape index (κ2) is 9.35. The van der Waals surface area contributed by atoms with Gasteiger partial charge in [-0.3, -0.25) is 19.5 Å². The lowest BCUT2D eigenvalue weighted by atomic mass is 9.64. The molecule has 2 unspecified atom stereocenters. The van der Waals surface area contributed by atoms with Crippen molar-refractivity contribution in [2.45, 2.75) is 71.4 Å². The van der Waals surface area contributed by atoms with Crippen molar-refractivity contribution in [1.29, 1.82) is 0 Å². The third-order valence-corrected chi connectivity index (χ3v) is 5.54. The molecule has 148 valence electrons. The number of amides is 2. The highest BCUT2D eigenvalue weighted by atomic mass is 16.5. The number of hydrogen-bond acceptors (Lipinski definition) is 4. The molecule has 0 aromatic rings. The Kier molecular flexibility index (Phi) is 7.43. The van der Waals surface area contributed by atoms with Gasteiger partial charge in [-0.1, -0.05) is 27.2 Å². The van der Waals surface area contributed by atoms with Gasteiger partial charge in [0, 0.05) is 51.0 Å². The zero-order valence-corrected chi connectivity index (χ0v) is 16.6. The fraction of sp³-hybridized carbons (Fsp3) is 0.842. The summed E-state index contributed by atoms with van der Waals surface area (Å²) in [6.07, 6.45) is 5.08. The topological polar surface area (TPSA) is 83.0 Å². The Balaban J connectivity index is 1.74. The number of aliphatic imine (C=N–C) groups is 1. The first kappa shape index (κ1) is 20.7. The van der Waals surface area contributed by atoms with Crippen LogP contribution in [-0.4, -0.2) is 61.6 Å². The van der Waals surface area contributed by atoms with Crippen molar-refractivity contribution in [3.8, 4) is 0 Å². The third-order valence-electron chi connectivity index (χ3n) is 5.54. The van der Waals surface area contributed by atoms with Gasteiger partial charge in [-0.05, 0) is 19.3 Å². The van der Waals surface area contributed by atoms with Crippen molar-refractivity contribution < 1.29 is 14.3 Å². The largest absolute Gasteiger partial charge is 0.378 e. The number of unbranched alkanes of at least 4 members (excludes halogenated alkanes) is 1. The van der Waals surface area contributed by atoms with E-state index in [1.165, 1.54) is 4.90 Å². The van der Waals surface area contributed by atoms with Gasteiger partial charge in [0.05, 0.1) is 6.10 Å². The number of piperidine rings is 1. The monoisotopic (exact) mass is 366 g/mol. The van der Waals surface area contributed by atoms with E-state index in [0.29, 0.717) is 44.4 Å². The summed E-state index contributed by atoms with van der Waals surface area (Å²) in [5.74, 6) is 0.559. The number of ether oxygens (including phenoxy) is 1. The third kappa shape index (κ3) is 4.96. The fourth-order valence-electron chi connectivity index (χ4n) is 3.48. The zero-order chi connectivity index (χ0) is 19.2. The van der Waals surface area contributed by atoms with E-state index >= 15 is 0 Å². The van der Waals surface area contributed by atoms with Crippen LogP contribution in [0.5, 0.6) is 0 Å². The number of guanidine groups is 1. The molecule has 0 radical (unpaired) electrons. The second-order valence-corrected chi connectivity index (χ2v) is 7.76. The average molecular weight is 367 g/mol. The van der Waals surface area contributed by atoms with E-state index in [9.17, 15) is 9.59 Å². The van der Waals surface area contributed by atoms with Gasteiger partial charge in [0.2, 0.25) is 11.8 Å². The second-order valence-electron chi connectivity index (χ2n) is 7.76. The Hall–Kier alpha value is -1.63. The smallest absolute Gasteiger partial charge is 0.229 e. The van der Waals surface area contributed by atoms with Crippen molar-refractivity contribution in [2.75, 3.05) is 26.7 Å². The number of rotatable bonds is 8. The number of imide groups is 1. The molecule has 1 heterocycles. The minimum absolute atomic E-state index is 0.0458. The van der Waals surface area contributed by atoms with Crippen LogP contribution < -0.4 is 10.6 Å². The molecule has 1 aliphatic heterocycles. The number of nitrogens with zero attached hydrogens (tertiary/aromatic N) is 2. The summed E-state index contributed by atoms with van der Waals surface area (Å²) in [6, 6.07) is 0.290. The van der Waals surface area contributed by atoms with Gasteiger partial charge < -0.3 is 15.4 Å². The van der Waals surface area contributed by atoms with E-state index in [1.807, 2.05) is 0 Å². The van der Waals surface area contributed by atoms with Gasteiger partial charge in [-0.25, -0.2) is 0 Å². The molecule has 2 fully saturated rings. The number of likely N-dealkylation sites (tertiary alicyclic amines) is 1. The Bertz CT molecular complexity index is 517. The van der Waals surface area contributed by atoms with Crippen LogP contribution in [0.3, 0.4) is 0 Å².